The Hall–Kier alpha value is -9.32. The van der Waals surface area contributed by atoms with E-state index in [0.717, 1.165) is 66.6 Å². The van der Waals surface area contributed by atoms with Crippen LogP contribution in [-0.2, 0) is 10.8 Å². The first-order valence-electron chi connectivity index (χ1n) is 28.4. The molecule has 0 atom stereocenters. The van der Waals surface area contributed by atoms with Gasteiger partial charge in [-0.1, -0.05) is 222 Å². The lowest BCUT2D eigenvalue weighted by Gasteiger charge is -2.22. The highest BCUT2D eigenvalue weighted by atomic mass is 32.1. The SMILES string of the molecule is CC1(C)c2ccccc2-c2ccc(-c3cc4ccc5cc(-c6ccc7c(c6)C(C)(C)c6ccccc6-7)c(-c6ccc(-c7cccc8c7sc7ccccc78)cc6)nc5c4nc3-c3ccc(-c4ccc5sc6ccccc6c5c4)cc3)cc21. The largest absolute Gasteiger partial charge is 0.245 e. The lowest BCUT2D eigenvalue weighted by molar-refractivity contribution is 0.660. The van der Waals surface area contributed by atoms with Crippen molar-refractivity contribution >= 4 is 84.8 Å². The van der Waals surface area contributed by atoms with Crippen molar-refractivity contribution in [3.05, 3.63) is 265 Å². The highest BCUT2D eigenvalue weighted by Gasteiger charge is 2.37. The molecular formula is C78H52N2S2. The number of hydrogen-bond acceptors (Lipinski definition) is 4. The van der Waals surface area contributed by atoms with Crippen LogP contribution in [0.2, 0.25) is 0 Å². The van der Waals surface area contributed by atoms with Crippen LogP contribution in [0.3, 0.4) is 0 Å². The van der Waals surface area contributed by atoms with Gasteiger partial charge in [0, 0.05) is 84.2 Å². The zero-order chi connectivity index (χ0) is 54.6. The van der Waals surface area contributed by atoms with Crippen molar-refractivity contribution in [3.8, 4) is 89.3 Å². The van der Waals surface area contributed by atoms with E-state index in [0.29, 0.717) is 0 Å². The second-order valence-electron chi connectivity index (χ2n) is 23.6. The van der Waals surface area contributed by atoms with Gasteiger partial charge < -0.3 is 0 Å². The van der Waals surface area contributed by atoms with Gasteiger partial charge in [-0.05, 0) is 126 Å². The minimum Gasteiger partial charge on any atom is -0.245 e. The molecule has 0 fully saturated rings. The molecule has 0 radical (unpaired) electrons. The van der Waals surface area contributed by atoms with Crippen molar-refractivity contribution in [2.24, 2.45) is 0 Å². The second-order valence-corrected chi connectivity index (χ2v) is 25.7. The minimum atomic E-state index is -0.154. The minimum absolute atomic E-state index is 0.153. The van der Waals surface area contributed by atoms with E-state index >= 15 is 0 Å². The summed E-state index contributed by atoms with van der Waals surface area (Å²) in [7, 11) is 0. The molecule has 4 aromatic heterocycles. The lowest BCUT2D eigenvalue weighted by Crippen LogP contribution is -2.14. The molecule has 0 aliphatic heterocycles. The number of benzene rings is 11. The van der Waals surface area contributed by atoms with E-state index in [9.17, 15) is 0 Å². The maximum absolute atomic E-state index is 5.86. The number of pyridine rings is 2. The van der Waals surface area contributed by atoms with Crippen molar-refractivity contribution < 1.29 is 0 Å². The van der Waals surface area contributed by atoms with Gasteiger partial charge in [0.15, 0.2) is 0 Å². The van der Waals surface area contributed by atoms with E-state index in [1.54, 1.807) is 0 Å². The smallest absolute Gasteiger partial charge is 0.0972 e. The van der Waals surface area contributed by atoms with Crippen molar-refractivity contribution in [1.29, 1.82) is 0 Å². The fourth-order valence-electron chi connectivity index (χ4n) is 14.0. The van der Waals surface area contributed by atoms with E-state index in [-0.39, 0.29) is 10.8 Å². The van der Waals surface area contributed by atoms with Crippen molar-refractivity contribution in [3.63, 3.8) is 0 Å². The van der Waals surface area contributed by atoms with Crippen LogP contribution in [0.15, 0.2) is 243 Å². The Morgan fingerprint density at radius 2 is 0.695 bits per heavy atom. The molecule has 4 heterocycles. The molecule has 386 valence electrons. The highest BCUT2D eigenvalue weighted by molar-refractivity contribution is 7.26. The number of thiophene rings is 2. The Labute approximate surface area is 484 Å². The molecule has 11 aromatic carbocycles. The lowest BCUT2D eigenvalue weighted by atomic mass is 9.81. The summed E-state index contributed by atoms with van der Waals surface area (Å²) in [5.74, 6) is 0. The Morgan fingerprint density at radius 1 is 0.268 bits per heavy atom. The number of fused-ring (bicyclic) bond motifs is 15. The molecule has 82 heavy (non-hydrogen) atoms. The molecule has 15 aromatic rings. The van der Waals surface area contributed by atoms with Crippen LogP contribution in [-0.4, -0.2) is 9.97 Å². The van der Waals surface area contributed by atoms with E-state index in [4.69, 9.17) is 9.97 Å². The fraction of sp³-hybridized carbons (Fsp3) is 0.0769. The molecule has 2 aliphatic carbocycles. The van der Waals surface area contributed by atoms with Gasteiger partial charge >= 0.3 is 0 Å². The summed E-state index contributed by atoms with van der Waals surface area (Å²) >= 11 is 3.73. The summed E-state index contributed by atoms with van der Waals surface area (Å²) < 4.78 is 5.25. The maximum atomic E-state index is 5.86. The third-order valence-electron chi connectivity index (χ3n) is 18.3. The maximum Gasteiger partial charge on any atom is 0.0972 e. The van der Waals surface area contributed by atoms with Gasteiger partial charge in [-0.3, -0.25) is 0 Å². The second kappa shape index (κ2) is 17.6. The topological polar surface area (TPSA) is 25.8 Å². The van der Waals surface area contributed by atoms with Crippen LogP contribution in [0, 0.1) is 0 Å². The van der Waals surface area contributed by atoms with Gasteiger partial charge in [0.25, 0.3) is 0 Å². The van der Waals surface area contributed by atoms with Gasteiger partial charge in [0.1, 0.15) is 0 Å². The molecular weight excluding hydrogens is 1030 g/mol. The summed E-state index contributed by atoms with van der Waals surface area (Å²) in [6.45, 7) is 9.45. The third kappa shape index (κ3) is 7.05. The Bertz CT molecular complexity index is 5210. The predicted octanol–water partition coefficient (Wildman–Crippen LogP) is 22.1. The normalized spacial score (nSPS) is 13.8. The number of hydrogen-bond donors (Lipinski definition) is 0. The van der Waals surface area contributed by atoms with Gasteiger partial charge in [-0.25, -0.2) is 9.97 Å². The van der Waals surface area contributed by atoms with Crippen molar-refractivity contribution in [1.82, 2.24) is 9.97 Å². The van der Waals surface area contributed by atoms with E-state index in [2.05, 4.69) is 270 Å². The van der Waals surface area contributed by atoms with Gasteiger partial charge in [-0.15, -0.1) is 22.7 Å². The zero-order valence-electron chi connectivity index (χ0n) is 45.8. The predicted molar refractivity (Wildman–Crippen MR) is 351 cm³/mol. The molecule has 0 unspecified atom stereocenters. The van der Waals surface area contributed by atoms with Crippen LogP contribution in [0.1, 0.15) is 49.9 Å². The summed E-state index contributed by atoms with van der Waals surface area (Å²) in [6.07, 6.45) is 0. The molecule has 17 rings (SSSR count). The van der Waals surface area contributed by atoms with Crippen molar-refractivity contribution in [2.45, 2.75) is 38.5 Å². The average Bonchev–Trinajstić information content (AvgIpc) is 4.13. The van der Waals surface area contributed by atoms with Gasteiger partial charge in [-0.2, -0.15) is 0 Å². The number of aromatic nitrogens is 2. The van der Waals surface area contributed by atoms with Crippen molar-refractivity contribution in [2.75, 3.05) is 0 Å². The molecule has 4 heteroatoms. The third-order valence-corrected chi connectivity index (χ3v) is 20.7. The van der Waals surface area contributed by atoms with Crippen LogP contribution in [0.25, 0.3) is 151 Å². The molecule has 0 spiro atoms. The zero-order valence-corrected chi connectivity index (χ0v) is 47.4. The van der Waals surface area contributed by atoms with Gasteiger partial charge in [0.2, 0.25) is 0 Å². The fourth-order valence-corrected chi connectivity index (χ4v) is 16.3. The first kappa shape index (κ1) is 47.5. The van der Waals surface area contributed by atoms with Gasteiger partial charge in [0.05, 0.1) is 22.4 Å². The first-order chi connectivity index (χ1) is 40.1. The molecule has 2 aliphatic rings. The molecule has 0 bridgehead atoms. The monoisotopic (exact) mass is 1080 g/mol. The molecule has 0 saturated heterocycles. The molecule has 0 N–H and O–H groups in total. The summed E-state index contributed by atoms with van der Waals surface area (Å²) in [4.78, 5) is 11.7. The van der Waals surface area contributed by atoms with E-state index in [1.807, 2.05) is 22.7 Å². The highest BCUT2D eigenvalue weighted by Crippen LogP contribution is 2.53. The van der Waals surface area contributed by atoms with E-state index in [1.165, 1.54) is 107 Å². The standard InChI is InChI=1S/C78H52N2S2/c1-77(2)65-20-9-5-14-55(65)57-37-34-50(43-67(57)77)62-41-52-32-33-53-42-63(51-35-38-58-56-15-6-10-21-66(56)78(3,4)68(58)44-51)73(48-30-26-46(27-31-48)54-18-13-19-61-59-16-7-12-23-70(59)82-76(54)61)80-75(53)74(52)79-72(62)47-28-24-45(25-29-47)49-36-39-71-64(40-49)60-17-8-11-22-69(60)81-71/h5-44H,1-4H3. The van der Waals surface area contributed by atoms with E-state index < -0.39 is 0 Å². The van der Waals surface area contributed by atoms with Crippen LogP contribution >= 0.6 is 22.7 Å². The summed E-state index contributed by atoms with van der Waals surface area (Å²) in [5, 5.41) is 7.33. The molecule has 2 nitrogen and oxygen atoms in total. The van der Waals surface area contributed by atoms with Crippen LogP contribution in [0.4, 0.5) is 0 Å². The molecule has 0 amide bonds. The van der Waals surface area contributed by atoms with Crippen LogP contribution < -0.4 is 0 Å². The van der Waals surface area contributed by atoms with Crippen LogP contribution in [0.5, 0.6) is 0 Å². The Kier molecular flexibility index (Phi) is 10.2. The number of nitrogens with zero attached hydrogens (tertiary/aromatic N) is 2. The summed E-state index contributed by atoms with van der Waals surface area (Å²) in [5.41, 5.74) is 25.4. The Balaban J connectivity index is 0.861. The first-order valence-corrected chi connectivity index (χ1v) is 30.1. The summed E-state index contributed by atoms with van der Waals surface area (Å²) in [6, 6.07) is 90.6. The number of rotatable bonds is 6. The quantitative estimate of drug-likeness (QED) is 0.155. The Morgan fingerprint density at radius 3 is 1.28 bits per heavy atom. The molecule has 0 saturated carbocycles. The average molecular weight is 1080 g/mol.